The predicted octanol–water partition coefficient (Wildman–Crippen LogP) is 4.12. The molecule has 0 spiro atoms. The Labute approximate surface area is 150 Å². The van der Waals surface area contributed by atoms with Crippen molar-refractivity contribution in [3.05, 3.63) is 63.5 Å². The quantitative estimate of drug-likeness (QED) is 0.662. The van der Waals surface area contributed by atoms with Crippen LogP contribution in [0.4, 0.5) is 0 Å². The Morgan fingerprint density at radius 3 is 3.00 bits per heavy atom. The zero-order valence-electron chi connectivity index (χ0n) is 13.4. The smallest absolute Gasteiger partial charge is 0.169 e. The van der Waals surface area contributed by atoms with Gasteiger partial charge in [0.05, 0.1) is 10.6 Å². The molecule has 24 heavy (non-hydrogen) atoms. The van der Waals surface area contributed by atoms with E-state index in [0.717, 1.165) is 36.8 Å². The summed E-state index contributed by atoms with van der Waals surface area (Å²) in [5.74, 6) is 0.843. The molecule has 0 bridgehead atoms. The monoisotopic (exact) mass is 356 g/mol. The maximum atomic E-state index is 5.94. The van der Waals surface area contributed by atoms with E-state index in [-0.39, 0.29) is 0 Å². The molecular weight excluding hydrogens is 340 g/mol. The van der Waals surface area contributed by atoms with E-state index in [9.17, 15) is 0 Å². The van der Waals surface area contributed by atoms with E-state index in [1.165, 1.54) is 22.4 Å². The number of nitrogens with zero attached hydrogens (tertiary/aromatic N) is 4. The van der Waals surface area contributed by atoms with Gasteiger partial charge in [-0.3, -0.25) is 4.90 Å². The number of hydrogen-bond acceptors (Lipinski definition) is 5. The van der Waals surface area contributed by atoms with Gasteiger partial charge in [0.1, 0.15) is 5.15 Å². The molecule has 1 aliphatic heterocycles. The first-order valence-corrected chi connectivity index (χ1v) is 9.17. The van der Waals surface area contributed by atoms with Gasteiger partial charge < -0.3 is 0 Å². The average Bonchev–Trinajstić information content (AvgIpc) is 3.11. The maximum absolute atomic E-state index is 5.94. The minimum absolute atomic E-state index is 0.551. The summed E-state index contributed by atoms with van der Waals surface area (Å²) in [6, 6.07) is 6.02. The summed E-state index contributed by atoms with van der Waals surface area (Å²) in [5.41, 5.74) is 4.81. The van der Waals surface area contributed by atoms with Crippen LogP contribution in [-0.2, 0) is 19.5 Å². The van der Waals surface area contributed by atoms with E-state index in [1.54, 1.807) is 11.3 Å². The summed E-state index contributed by atoms with van der Waals surface area (Å²) in [4.78, 5) is 17.1. The topological polar surface area (TPSA) is 41.9 Å². The molecule has 122 valence electrons. The first-order valence-electron chi connectivity index (χ1n) is 7.91. The molecule has 1 aliphatic rings. The number of aromatic nitrogens is 3. The van der Waals surface area contributed by atoms with Crippen molar-refractivity contribution < 1.29 is 0 Å². The SMILES string of the molecule is Cc1cc(Cl)ncc1CN1CCc2nc(-c3cccs3)ncc2C1. The van der Waals surface area contributed by atoms with Gasteiger partial charge in [0, 0.05) is 44.0 Å². The Hall–Kier alpha value is -1.82. The zero-order valence-corrected chi connectivity index (χ0v) is 14.9. The average molecular weight is 357 g/mol. The third-order valence-electron chi connectivity index (χ3n) is 4.33. The second-order valence-electron chi connectivity index (χ2n) is 6.04. The number of rotatable bonds is 3. The molecular formula is C18H17ClN4S. The highest BCUT2D eigenvalue weighted by Crippen LogP contribution is 2.25. The van der Waals surface area contributed by atoms with Gasteiger partial charge in [-0.05, 0) is 35.6 Å². The summed E-state index contributed by atoms with van der Waals surface area (Å²) >= 11 is 7.62. The molecule has 4 rings (SSSR count). The molecule has 0 fully saturated rings. The summed E-state index contributed by atoms with van der Waals surface area (Å²) in [5, 5.41) is 2.61. The summed E-state index contributed by atoms with van der Waals surface area (Å²) in [6.07, 6.45) is 4.82. The van der Waals surface area contributed by atoms with Crippen LogP contribution < -0.4 is 0 Å². The van der Waals surface area contributed by atoms with Crippen molar-refractivity contribution in [2.75, 3.05) is 6.54 Å². The standard InChI is InChI=1S/C18H17ClN4S/c1-12-7-17(19)20-8-13(12)10-23-5-4-15-14(11-23)9-21-18(22-15)16-3-2-6-24-16/h2-3,6-9H,4-5,10-11H2,1H3. The minimum Gasteiger partial charge on any atom is -0.294 e. The van der Waals surface area contributed by atoms with Gasteiger partial charge in [-0.2, -0.15) is 0 Å². The molecule has 6 heteroatoms. The predicted molar refractivity (Wildman–Crippen MR) is 97.1 cm³/mol. The van der Waals surface area contributed by atoms with Gasteiger partial charge in [0.15, 0.2) is 5.82 Å². The second kappa shape index (κ2) is 6.59. The number of aryl methyl sites for hydroxylation is 1. The van der Waals surface area contributed by atoms with Crippen LogP contribution in [0.15, 0.2) is 36.0 Å². The number of pyridine rings is 1. The lowest BCUT2D eigenvalue weighted by molar-refractivity contribution is 0.242. The first-order chi connectivity index (χ1) is 11.7. The Morgan fingerprint density at radius 2 is 2.21 bits per heavy atom. The van der Waals surface area contributed by atoms with Crippen molar-refractivity contribution in [2.45, 2.75) is 26.4 Å². The molecule has 4 nitrogen and oxygen atoms in total. The third kappa shape index (κ3) is 3.20. The highest BCUT2D eigenvalue weighted by Gasteiger charge is 2.19. The Bertz CT molecular complexity index is 863. The Balaban J connectivity index is 1.52. The Morgan fingerprint density at radius 1 is 1.29 bits per heavy atom. The van der Waals surface area contributed by atoms with Gasteiger partial charge in [0.2, 0.25) is 0 Å². The number of hydrogen-bond donors (Lipinski definition) is 0. The molecule has 0 aromatic carbocycles. The summed E-state index contributed by atoms with van der Waals surface area (Å²) in [7, 11) is 0. The van der Waals surface area contributed by atoms with Crippen molar-refractivity contribution in [3.8, 4) is 10.7 Å². The summed E-state index contributed by atoms with van der Waals surface area (Å²) < 4.78 is 0. The van der Waals surface area contributed by atoms with E-state index in [0.29, 0.717) is 5.15 Å². The van der Waals surface area contributed by atoms with Crippen molar-refractivity contribution >= 4 is 22.9 Å². The minimum atomic E-state index is 0.551. The fraction of sp³-hybridized carbons (Fsp3) is 0.278. The fourth-order valence-corrected chi connectivity index (χ4v) is 3.87. The van der Waals surface area contributed by atoms with Crippen molar-refractivity contribution in [1.82, 2.24) is 19.9 Å². The van der Waals surface area contributed by atoms with Gasteiger partial charge in [0.25, 0.3) is 0 Å². The largest absolute Gasteiger partial charge is 0.294 e. The summed E-state index contributed by atoms with van der Waals surface area (Å²) in [6.45, 7) is 4.83. The molecule has 0 N–H and O–H groups in total. The van der Waals surface area contributed by atoms with Crippen LogP contribution in [-0.4, -0.2) is 26.4 Å². The molecule has 3 aromatic heterocycles. The van der Waals surface area contributed by atoms with Gasteiger partial charge in [-0.15, -0.1) is 11.3 Å². The highest BCUT2D eigenvalue weighted by molar-refractivity contribution is 7.13. The van der Waals surface area contributed by atoms with Crippen molar-refractivity contribution in [1.29, 1.82) is 0 Å². The van der Waals surface area contributed by atoms with E-state index in [2.05, 4.69) is 33.2 Å². The van der Waals surface area contributed by atoms with Crippen LogP contribution in [0, 0.1) is 6.92 Å². The molecule has 0 aliphatic carbocycles. The molecule has 0 atom stereocenters. The molecule has 0 unspecified atom stereocenters. The second-order valence-corrected chi connectivity index (χ2v) is 7.37. The van der Waals surface area contributed by atoms with Crippen LogP contribution in [0.3, 0.4) is 0 Å². The zero-order chi connectivity index (χ0) is 16.5. The van der Waals surface area contributed by atoms with Gasteiger partial charge in [-0.25, -0.2) is 15.0 Å². The maximum Gasteiger partial charge on any atom is 0.169 e. The van der Waals surface area contributed by atoms with E-state index in [1.807, 2.05) is 24.5 Å². The van der Waals surface area contributed by atoms with Crippen LogP contribution in [0.5, 0.6) is 0 Å². The molecule has 0 amide bonds. The van der Waals surface area contributed by atoms with E-state index < -0.39 is 0 Å². The van der Waals surface area contributed by atoms with Crippen molar-refractivity contribution in [3.63, 3.8) is 0 Å². The fourth-order valence-electron chi connectivity index (χ4n) is 2.99. The van der Waals surface area contributed by atoms with Crippen LogP contribution >= 0.6 is 22.9 Å². The van der Waals surface area contributed by atoms with E-state index >= 15 is 0 Å². The van der Waals surface area contributed by atoms with E-state index in [4.69, 9.17) is 16.6 Å². The first kappa shape index (κ1) is 15.7. The lowest BCUT2D eigenvalue weighted by Gasteiger charge is -2.28. The normalized spacial score (nSPS) is 14.6. The molecule has 0 saturated heterocycles. The number of halogens is 1. The Kier molecular flexibility index (Phi) is 4.31. The number of fused-ring (bicyclic) bond motifs is 1. The molecule has 4 heterocycles. The molecule has 0 saturated carbocycles. The van der Waals surface area contributed by atoms with Crippen LogP contribution in [0.1, 0.15) is 22.4 Å². The van der Waals surface area contributed by atoms with Gasteiger partial charge >= 0.3 is 0 Å². The van der Waals surface area contributed by atoms with Gasteiger partial charge in [-0.1, -0.05) is 17.7 Å². The molecule has 0 radical (unpaired) electrons. The molecule has 3 aromatic rings. The van der Waals surface area contributed by atoms with Crippen molar-refractivity contribution in [2.24, 2.45) is 0 Å². The lowest BCUT2D eigenvalue weighted by Crippen LogP contribution is -2.31. The van der Waals surface area contributed by atoms with Crippen LogP contribution in [0.25, 0.3) is 10.7 Å². The third-order valence-corrected chi connectivity index (χ3v) is 5.41. The number of thiophene rings is 1. The van der Waals surface area contributed by atoms with Crippen LogP contribution in [0.2, 0.25) is 5.15 Å². The highest BCUT2D eigenvalue weighted by atomic mass is 35.5. The lowest BCUT2D eigenvalue weighted by atomic mass is 10.1.